The van der Waals surface area contributed by atoms with E-state index in [0.717, 1.165) is 22.3 Å². The number of ketones is 3. The Kier molecular flexibility index (Phi) is 6.44. The molecular formula is C39H37NO6. The molecule has 0 radical (unpaired) electrons. The highest BCUT2D eigenvalue weighted by Crippen LogP contribution is 2.80. The van der Waals surface area contributed by atoms with Gasteiger partial charge in [-0.3, -0.25) is 14.4 Å². The van der Waals surface area contributed by atoms with E-state index in [1.165, 1.54) is 0 Å². The van der Waals surface area contributed by atoms with Crippen LogP contribution in [0.25, 0.3) is 0 Å². The van der Waals surface area contributed by atoms with Crippen LogP contribution in [0.5, 0.6) is 11.6 Å². The molecule has 0 aliphatic heterocycles. The van der Waals surface area contributed by atoms with Gasteiger partial charge in [0.15, 0.2) is 23.1 Å². The van der Waals surface area contributed by atoms with E-state index in [9.17, 15) is 9.59 Å². The molecule has 4 aliphatic rings. The summed E-state index contributed by atoms with van der Waals surface area (Å²) in [7, 11) is 0. The monoisotopic (exact) mass is 615 g/mol. The number of carbonyl (C=O) groups is 3. The number of Topliss-reactive ketones (excluding diaryl/α,β-unsaturated/α-hetero) is 3. The minimum absolute atomic E-state index is 0.124. The fourth-order valence-corrected chi connectivity index (χ4v) is 9.29. The van der Waals surface area contributed by atoms with Crippen molar-refractivity contribution in [3.8, 4) is 11.6 Å². The summed E-state index contributed by atoms with van der Waals surface area (Å²) in [6, 6.07) is 23.4. The first kappa shape index (κ1) is 28.9. The summed E-state index contributed by atoms with van der Waals surface area (Å²) in [5, 5.41) is 4.23. The Morgan fingerprint density at radius 3 is 2.17 bits per heavy atom. The number of carbonyl (C=O) groups excluding carboxylic acids is 3. The normalized spacial score (nSPS) is 28.8. The number of hydrogen-bond donors (Lipinski definition) is 0. The van der Waals surface area contributed by atoms with E-state index in [2.05, 4.69) is 12.1 Å². The molecule has 5 atom stereocenters. The van der Waals surface area contributed by atoms with Gasteiger partial charge in [0.25, 0.3) is 5.88 Å². The molecule has 2 saturated carbocycles. The molecule has 1 heterocycles. The quantitative estimate of drug-likeness (QED) is 0.188. The number of hydrogen-bond acceptors (Lipinski definition) is 7. The molecule has 7 heteroatoms. The van der Waals surface area contributed by atoms with Gasteiger partial charge < -0.3 is 14.0 Å². The molecule has 7 nitrogen and oxygen atoms in total. The Morgan fingerprint density at radius 2 is 1.52 bits per heavy atom. The maximum atomic E-state index is 15.2. The maximum Gasteiger partial charge on any atom is 0.265 e. The lowest BCUT2D eigenvalue weighted by Crippen LogP contribution is -2.60. The Hall–Kier alpha value is -4.52. The number of aryl methyl sites for hydroxylation is 1. The number of benzene rings is 3. The highest BCUT2D eigenvalue weighted by Gasteiger charge is 2.85. The van der Waals surface area contributed by atoms with E-state index in [1.807, 2.05) is 86.6 Å². The van der Waals surface area contributed by atoms with Crippen molar-refractivity contribution in [1.29, 1.82) is 0 Å². The van der Waals surface area contributed by atoms with Gasteiger partial charge in [-0.15, -0.1) is 0 Å². The van der Waals surface area contributed by atoms with Crippen molar-refractivity contribution < 1.29 is 28.4 Å². The summed E-state index contributed by atoms with van der Waals surface area (Å²) in [4.78, 5) is 44.9. The van der Waals surface area contributed by atoms with Gasteiger partial charge in [-0.25, -0.2) is 0 Å². The van der Waals surface area contributed by atoms with Crippen molar-refractivity contribution in [2.45, 2.75) is 72.0 Å². The van der Waals surface area contributed by atoms with E-state index in [4.69, 9.17) is 14.0 Å². The first-order chi connectivity index (χ1) is 22.3. The predicted octanol–water partition coefficient (Wildman–Crippen LogP) is 7.63. The lowest BCUT2D eigenvalue weighted by molar-refractivity contribution is -0.140. The zero-order chi connectivity index (χ0) is 31.8. The highest BCUT2D eigenvalue weighted by atomic mass is 16.5. The van der Waals surface area contributed by atoms with Gasteiger partial charge in [-0.1, -0.05) is 80.6 Å². The Labute approximate surface area is 268 Å². The summed E-state index contributed by atoms with van der Waals surface area (Å²) < 4.78 is 18.3. The minimum Gasteiger partial charge on any atom is -0.488 e. The van der Waals surface area contributed by atoms with Crippen LogP contribution >= 0.6 is 0 Å². The molecule has 1 aromatic heterocycles. The van der Waals surface area contributed by atoms with E-state index in [-0.39, 0.29) is 47.2 Å². The third-order valence-corrected chi connectivity index (χ3v) is 11.7. The maximum absolute atomic E-state index is 15.2. The van der Waals surface area contributed by atoms with Crippen LogP contribution in [-0.2, 0) is 24.4 Å². The molecule has 4 aromatic rings. The molecule has 234 valence electrons. The second-order valence-electron chi connectivity index (χ2n) is 13.7. The highest BCUT2D eigenvalue weighted by molar-refractivity contribution is 6.29. The van der Waals surface area contributed by atoms with Crippen LogP contribution in [-0.4, -0.2) is 22.5 Å². The average molecular weight is 616 g/mol. The van der Waals surface area contributed by atoms with Crippen LogP contribution in [0.3, 0.4) is 0 Å². The standard InChI is InChI=1S/C39H37NO6/c1-4-26-28-19-37-18-27-23(3)16-17-29(44-20-24-12-8-6-9-13-24)30(27)34(42)39(37,22-37)36(43)38(28,5-2)33(41)31-32(26)46-40-35(31)45-21-25-14-10-7-11-15-25/h6-17,26,28H,4-5,18-22H2,1-3H3. The lowest BCUT2D eigenvalue weighted by Gasteiger charge is -2.52. The molecule has 5 unspecified atom stereocenters. The molecule has 8 rings (SSSR count). The van der Waals surface area contributed by atoms with E-state index >= 15 is 4.79 Å². The summed E-state index contributed by atoms with van der Waals surface area (Å²) in [6.07, 6.45) is 2.67. The van der Waals surface area contributed by atoms with Crippen molar-refractivity contribution in [2.24, 2.45) is 22.2 Å². The molecule has 4 aliphatic carbocycles. The van der Waals surface area contributed by atoms with Crippen molar-refractivity contribution in [1.82, 2.24) is 5.16 Å². The van der Waals surface area contributed by atoms with Gasteiger partial charge in [0.2, 0.25) is 0 Å². The third-order valence-electron chi connectivity index (χ3n) is 11.7. The molecule has 46 heavy (non-hydrogen) atoms. The number of fused-ring (bicyclic) bond motifs is 3. The van der Waals surface area contributed by atoms with Gasteiger partial charge in [0.05, 0.1) is 16.4 Å². The summed E-state index contributed by atoms with van der Waals surface area (Å²) in [5.41, 5.74) is 1.58. The van der Waals surface area contributed by atoms with Gasteiger partial charge in [0.1, 0.15) is 24.5 Å². The predicted molar refractivity (Wildman–Crippen MR) is 170 cm³/mol. The van der Waals surface area contributed by atoms with Crippen molar-refractivity contribution >= 4 is 17.3 Å². The summed E-state index contributed by atoms with van der Waals surface area (Å²) in [5.74, 6) is -0.0618. The van der Waals surface area contributed by atoms with Crippen LogP contribution in [0.1, 0.15) is 94.2 Å². The van der Waals surface area contributed by atoms with Crippen LogP contribution in [0.15, 0.2) is 77.3 Å². The van der Waals surface area contributed by atoms with Gasteiger partial charge in [-0.2, -0.15) is 0 Å². The molecule has 0 N–H and O–H groups in total. The summed E-state index contributed by atoms with van der Waals surface area (Å²) in [6.45, 7) is 6.53. The number of ether oxygens (including phenoxy) is 2. The van der Waals surface area contributed by atoms with Crippen LogP contribution < -0.4 is 9.47 Å². The van der Waals surface area contributed by atoms with Gasteiger partial charge >= 0.3 is 0 Å². The van der Waals surface area contributed by atoms with Crippen molar-refractivity contribution in [3.63, 3.8) is 0 Å². The zero-order valence-corrected chi connectivity index (χ0v) is 26.4. The average Bonchev–Trinajstić information content (AvgIpc) is 3.60. The van der Waals surface area contributed by atoms with Crippen LogP contribution in [0.2, 0.25) is 0 Å². The largest absolute Gasteiger partial charge is 0.488 e. The van der Waals surface area contributed by atoms with E-state index in [1.54, 1.807) is 0 Å². The van der Waals surface area contributed by atoms with Crippen LogP contribution in [0.4, 0.5) is 0 Å². The fraction of sp³-hybridized carbons (Fsp3) is 0.385. The zero-order valence-electron chi connectivity index (χ0n) is 26.4. The fourth-order valence-electron chi connectivity index (χ4n) is 9.29. The SMILES string of the molecule is CCC1c2onc(OCc3ccccc3)c2C(=O)C2(CC)C(=O)C34CC3(Cc3c(C)ccc(OCc5ccccc5)c3C4=O)CC12. The number of rotatable bonds is 8. The van der Waals surface area contributed by atoms with Crippen molar-refractivity contribution in [3.05, 3.63) is 112 Å². The molecule has 0 saturated heterocycles. The first-order valence-corrected chi connectivity index (χ1v) is 16.4. The molecule has 3 aromatic carbocycles. The van der Waals surface area contributed by atoms with Gasteiger partial charge in [0, 0.05) is 5.92 Å². The number of nitrogens with zero attached hydrogens (tertiary/aromatic N) is 1. The van der Waals surface area contributed by atoms with Gasteiger partial charge in [-0.05, 0) is 83.8 Å². The molecule has 0 bridgehead atoms. The molecule has 2 fully saturated rings. The number of aromatic nitrogens is 1. The third kappa shape index (κ3) is 3.71. The minimum atomic E-state index is -1.36. The Balaban J connectivity index is 1.20. The smallest absolute Gasteiger partial charge is 0.265 e. The van der Waals surface area contributed by atoms with Crippen molar-refractivity contribution in [2.75, 3.05) is 0 Å². The summed E-state index contributed by atoms with van der Waals surface area (Å²) >= 11 is 0. The first-order valence-electron chi connectivity index (χ1n) is 16.4. The lowest BCUT2D eigenvalue weighted by atomic mass is 9.47. The topological polar surface area (TPSA) is 95.7 Å². The van der Waals surface area contributed by atoms with E-state index in [0.29, 0.717) is 55.8 Å². The second-order valence-corrected chi connectivity index (χ2v) is 13.7. The molecular weight excluding hydrogens is 578 g/mol. The Morgan fingerprint density at radius 1 is 0.848 bits per heavy atom. The van der Waals surface area contributed by atoms with Crippen LogP contribution in [0, 0.1) is 29.1 Å². The second kappa shape index (κ2) is 10.2. The molecule has 0 amide bonds. The molecule has 0 spiro atoms. The van der Waals surface area contributed by atoms with E-state index < -0.39 is 16.2 Å². The Bertz CT molecular complexity index is 1900.